The Hall–Kier alpha value is -5.06. The molecular formula is C40H46F6N6O5. The molecule has 3 amide bonds. The second-order valence-corrected chi connectivity index (χ2v) is 15.2. The lowest BCUT2D eigenvalue weighted by molar-refractivity contribution is -0.275. The molecule has 0 radical (unpaired) electrons. The van der Waals surface area contributed by atoms with E-state index in [1.165, 1.54) is 22.8 Å². The number of rotatable bonds is 9. The third-order valence-electron chi connectivity index (χ3n) is 11.4. The van der Waals surface area contributed by atoms with E-state index in [9.17, 15) is 45.5 Å². The molecule has 4 heterocycles. The summed E-state index contributed by atoms with van der Waals surface area (Å²) >= 11 is 0. The Morgan fingerprint density at radius 3 is 2.23 bits per heavy atom. The minimum absolute atomic E-state index is 0.0152. The molecule has 0 spiro atoms. The van der Waals surface area contributed by atoms with Gasteiger partial charge in [-0.15, -0.1) is 13.2 Å². The summed E-state index contributed by atoms with van der Waals surface area (Å²) in [6, 6.07) is 7.52. The summed E-state index contributed by atoms with van der Waals surface area (Å²) in [5.74, 6) is -1.82. The van der Waals surface area contributed by atoms with Gasteiger partial charge in [-0.25, -0.2) is 0 Å². The van der Waals surface area contributed by atoms with Crippen LogP contribution in [-0.2, 0) is 34.2 Å². The number of aryl methyl sites for hydroxylation is 1. The summed E-state index contributed by atoms with van der Waals surface area (Å²) in [5.41, 5.74) is 1.65. The average Bonchev–Trinajstić information content (AvgIpc) is 3.16. The summed E-state index contributed by atoms with van der Waals surface area (Å²) in [6.07, 6.45) is -5.89. The summed E-state index contributed by atoms with van der Waals surface area (Å²) in [5, 5.41) is 4.99. The molecule has 2 aromatic carbocycles. The zero-order valence-electron chi connectivity index (χ0n) is 32.1. The Morgan fingerprint density at radius 1 is 0.912 bits per heavy atom. The van der Waals surface area contributed by atoms with E-state index in [1.807, 2.05) is 4.90 Å². The van der Waals surface area contributed by atoms with Gasteiger partial charge < -0.3 is 24.4 Å². The monoisotopic (exact) mass is 804 g/mol. The van der Waals surface area contributed by atoms with Crippen molar-refractivity contribution in [3.63, 3.8) is 0 Å². The lowest BCUT2D eigenvalue weighted by atomic mass is 9.92. The molecule has 1 atom stereocenters. The van der Waals surface area contributed by atoms with E-state index in [1.54, 1.807) is 56.1 Å². The largest absolute Gasteiger partial charge is 0.573 e. The molecule has 57 heavy (non-hydrogen) atoms. The first-order valence-electron chi connectivity index (χ1n) is 18.9. The summed E-state index contributed by atoms with van der Waals surface area (Å²) in [6.45, 7) is 5.10. The lowest BCUT2D eigenvalue weighted by Gasteiger charge is -2.40. The zero-order chi connectivity index (χ0) is 41.4. The van der Waals surface area contributed by atoms with Crippen LogP contribution in [0.2, 0.25) is 0 Å². The van der Waals surface area contributed by atoms with Gasteiger partial charge in [-0.2, -0.15) is 13.2 Å². The van der Waals surface area contributed by atoms with Gasteiger partial charge in [0, 0.05) is 99.5 Å². The molecule has 1 aromatic heterocycles. The number of nitrogens with zero attached hydrogens (tertiary/aromatic N) is 4. The van der Waals surface area contributed by atoms with E-state index in [2.05, 4.69) is 15.4 Å². The standard InChI is InChI=1S/C40H46F6N6O5/c1-23-24(2)37(55)49(3)22-30(23)26-5-6-27(34(19-26)57-40(44,45)46)21-51-15-13-29(14-16-51)50(4)38(56)25-11-17-52(18-12-25)33-9-7-28(20-31(33)39(41,42)43)47-32-8-10-35(53)48-36(32)54/h5-7,9,19-20,22,25,29,32,47H,8,10-18,21H2,1-4H3,(H,48,53,54). The SMILES string of the molecule is Cc1c(-c2ccc(CN3CCC(N(C)C(=O)C4CCN(c5ccc(NC6CCC(=O)NC6=O)cc5C(F)(F)F)CC4)CC3)c(OC(F)(F)F)c2)cn(C)c(=O)c1C. The number of imide groups is 1. The number of aromatic nitrogens is 1. The number of benzene rings is 2. The van der Waals surface area contributed by atoms with Crippen LogP contribution in [0.1, 0.15) is 60.8 Å². The van der Waals surface area contributed by atoms with Crippen molar-refractivity contribution >= 4 is 29.1 Å². The number of piperidine rings is 3. The molecule has 3 aliphatic rings. The molecule has 11 nitrogen and oxygen atoms in total. The third kappa shape index (κ3) is 9.57. The number of pyridine rings is 1. The van der Waals surface area contributed by atoms with E-state index >= 15 is 0 Å². The van der Waals surface area contributed by atoms with Crippen molar-refractivity contribution in [3.8, 4) is 16.9 Å². The Kier molecular flexibility index (Phi) is 12.0. The van der Waals surface area contributed by atoms with Gasteiger partial charge in [0.15, 0.2) is 0 Å². The van der Waals surface area contributed by atoms with Crippen LogP contribution in [-0.4, -0.2) is 83.8 Å². The number of nitrogens with one attached hydrogen (secondary N) is 2. The van der Waals surface area contributed by atoms with Crippen LogP contribution in [0.5, 0.6) is 5.75 Å². The first-order valence-corrected chi connectivity index (χ1v) is 18.9. The predicted molar refractivity (Wildman–Crippen MR) is 201 cm³/mol. The number of carbonyl (C=O) groups is 3. The second kappa shape index (κ2) is 16.4. The van der Waals surface area contributed by atoms with Crippen LogP contribution in [0.4, 0.5) is 37.7 Å². The summed E-state index contributed by atoms with van der Waals surface area (Å²) in [7, 11) is 3.31. The van der Waals surface area contributed by atoms with Crippen molar-refractivity contribution in [2.75, 3.05) is 43.4 Å². The van der Waals surface area contributed by atoms with Gasteiger partial charge in [0.1, 0.15) is 11.8 Å². The minimum Gasteiger partial charge on any atom is -0.405 e. The number of ether oxygens (including phenoxy) is 1. The fourth-order valence-electron chi connectivity index (χ4n) is 8.04. The van der Waals surface area contributed by atoms with Crippen molar-refractivity contribution in [2.24, 2.45) is 13.0 Å². The summed E-state index contributed by atoms with van der Waals surface area (Å²) < 4.78 is 89.3. The molecule has 308 valence electrons. The molecule has 3 aliphatic heterocycles. The maximum absolute atomic E-state index is 14.3. The number of likely N-dealkylation sites (tertiary alicyclic amines) is 1. The maximum atomic E-state index is 14.3. The highest BCUT2D eigenvalue weighted by atomic mass is 19.4. The van der Waals surface area contributed by atoms with Gasteiger partial charge in [-0.05, 0) is 81.3 Å². The Morgan fingerprint density at radius 2 is 1.60 bits per heavy atom. The average molecular weight is 805 g/mol. The molecule has 0 bridgehead atoms. The van der Waals surface area contributed by atoms with E-state index in [-0.39, 0.29) is 73.0 Å². The highest BCUT2D eigenvalue weighted by Gasteiger charge is 2.39. The topological polar surface area (TPSA) is 116 Å². The number of amides is 3. The molecule has 6 rings (SSSR count). The molecule has 1 unspecified atom stereocenters. The lowest BCUT2D eigenvalue weighted by Crippen LogP contribution is -2.49. The van der Waals surface area contributed by atoms with Crippen LogP contribution < -0.4 is 25.8 Å². The van der Waals surface area contributed by atoms with E-state index in [0.717, 1.165) is 6.07 Å². The molecule has 0 saturated carbocycles. The third-order valence-corrected chi connectivity index (χ3v) is 11.4. The fourth-order valence-corrected chi connectivity index (χ4v) is 8.04. The number of hydrogen-bond donors (Lipinski definition) is 2. The van der Waals surface area contributed by atoms with E-state index in [0.29, 0.717) is 66.6 Å². The molecule has 2 N–H and O–H groups in total. The quantitative estimate of drug-likeness (QED) is 0.196. The highest BCUT2D eigenvalue weighted by molar-refractivity contribution is 6.01. The van der Waals surface area contributed by atoms with Gasteiger partial charge in [0.2, 0.25) is 17.7 Å². The van der Waals surface area contributed by atoms with Crippen LogP contribution >= 0.6 is 0 Å². The van der Waals surface area contributed by atoms with Gasteiger partial charge >= 0.3 is 12.5 Å². The molecule has 3 fully saturated rings. The number of halogens is 6. The zero-order valence-corrected chi connectivity index (χ0v) is 32.1. The minimum atomic E-state index is -4.92. The number of anilines is 2. The molecule has 3 saturated heterocycles. The number of hydrogen-bond acceptors (Lipinski definition) is 8. The van der Waals surface area contributed by atoms with Crippen LogP contribution in [0.15, 0.2) is 47.4 Å². The van der Waals surface area contributed by atoms with Crippen molar-refractivity contribution in [1.82, 2.24) is 19.7 Å². The summed E-state index contributed by atoms with van der Waals surface area (Å²) in [4.78, 5) is 54.9. The van der Waals surface area contributed by atoms with Crippen molar-refractivity contribution in [1.29, 1.82) is 0 Å². The van der Waals surface area contributed by atoms with Crippen molar-refractivity contribution in [3.05, 3.63) is 75.2 Å². The van der Waals surface area contributed by atoms with E-state index < -0.39 is 36.0 Å². The molecular weight excluding hydrogens is 758 g/mol. The molecule has 17 heteroatoms. The van der Waals surface area contributed by atoms with Crippen LogP contribution in [0.3, 0.4) is 0 Å². The van der Waals surface area contributed by atoms with E-state index in [4.69, 9.17) is 0 Å². The van der Waals surface area contributed by atoms with Crippen molar-refractivity contribution < 1.29 is 45.5 Å². The predicted octanol–water partition coefficient (Wildman–Crippen LogP) is 6.14. The molecule has 3 aromatic rings. The Balaban J connectivity index is 1.05. The first kappa shape index (κ1) is 41.6. The highest BCUT2D eigenvalue weighted by Crippen LogP contribution is 2.40. The van der Waals surface area contributed by atoms with Crippen molar-refractivity contribution in [2.45, 2.75) is 83.5 Å². The van der Waals surface area contributed by atoms with Gasteiger partial charge in [-0.3, -0.25) is 29.4 Å². The van der Waals surface area contributed by atoms with Crippen LogP contribution in [0.25, 0.3) is 11.1 Å². The van der Waals surface area contributed by atoms with Gasteiger partial charge in [0.05, 0.1) is 5.56 Å². The van der Waals surface area contributed by atoms with Gasteiger partial charge in [-0.1, -0.05) is 12.1 Å². The van der Waals surface area contributed by atoms with Crippen LogP contribution in [0, 0.1) is 19.8 Å². The fraction of sp³-hybridized carbons (Fsp3) is 0.500. The first-order chi connectivity index (χ1) is 26.8. The number of alkyl halides is 6. The number of carbonyl (C=O) groups excluding carboxylic acids is 3. The molecule has 0 aliphatic carbocycles. The van der Waals surface area contributed by atoms with Gasteiger partial charge in [0.25, 0.3) is 5.56 Å². The Bertz CT molecular complexity index is 2070. The maximum Gasteiger partial charge on any atom is 0.573 e. The Labute approximate surface area is 325 Å². The second-order valence-electron chi connectivity index (χ2n) is 15.2. The normalized spacial score (nSPS) is 19.1. The smallest absolute Gasteiger partial charge is 0.405 e.